The fourth-order valence-corrected chi connectivity index (χ4v) is 2.05. The van der Waals surface area contributed by atoms with E-state index >= 15 is 0 Å². The number of carbonyl (C=O) groups is 2. The van der Waals surface area contributed by atoms with Crippen molar-refractivity contribution in [2.75, 3.05) is 7.05 Å². The summed E-state index contributed by atoms with van der Waals surface area (Å²) < 4.78 is 1.75. The van der Waals surface area contributed by atoms with Crippen LogP contribution in [0.15, 0.2) is 6.20 Å². The number of aromatic nitrogens is 2. The van der Waals surface area contributed by atoms with E-state index in [9.17, 15) is 9.59 Å². The van der Waals surface area contributed by atoms with Gasteiger partial charge < -0.3 is 4.57 Å². The molecule has 1 aromatic heterocycles. The molecule has 0 aromatic carbocycles. The first-order chi connectivity index (χ1) is 8.50. The maximum atomic E-state index is 11.8. The number of likely N-dealkylation sites (N-methyl/N-ethyl adjacent to an activating group) is 1. The molecule has 0 radical (unpaired) electrons. The minimum Gasteiger partial charge on any atom is -0.321 e. The van der Waals surface area contributed by atoms with Gasteiger partial charge in [0.15, 0.2) is 0 Å². The van der Waals surface area contributed by atoms with Gasteiger partial charge in [-0.25, -0.2) is 4.98 Å². The number of amides is 2. The number of rotatable bonds is 3. The monoisotopic (exact) mass is 270 g/mol. The van der Waals surface area contributed by atoms with Crippen molar-refractivity contribution < 1.29 is 9.59 Å². The molecular formula is C11H15ClN4O2. The van der Waals surface area contributed by atoms with E-state index in [-0.39, 0.29) is 17.9 Å². The van der Waals surface area contributed by atoms with Crippen molar-refractivity contribution in [3.63, 3.8) is 0 Å². The lowest BCUT2D eigenvalue weighted by atomic mass is 10.0. The van der Waals surface area contributed by atoms with Crippen LogP contribution < -0.4 is 5.32 Å². The molecule has 1 unspecified atom stereocenters. The molecule has 1 fully saturated rings. The smallest absolute Gasteiger partial charge is 0.246 e. The topological polar surface area (TPSA) is 67.2 Å². The van der Waals surface area contributed by atoms with Crippen molar-refractivity contribution in [1.82, 2.24) is 19.8 Å². The lowest BCUT2D eigenvalue weighted by Crippen LogP contribution is -2.51. The number of halogens is 1. The predicted octanol–water partition coefficient (Wildman–Crippen LogP) is 0.310. The summed E-state index contributed by atoms with van der Waals surface area (Å²) in [7, 11) is 3.32. The second kappa shape index (κ2) is 5.07. The van der Waals surface area contributed by atoms with Crippen LogP contribution in [0.5, 0.6) is 0 Å². The van der Waals surface area contributed by atoms with E-state index in [4.69, 9.17) is 11.6 Å². The van der Waals surface area contributed by atoms with Gasteiger partial charge in [-0.15, -0.1) is 0 Å². The third kappa shape index (κ3) is 2.39. The maximum absolute atomic E-state index is 11.8. The van der Waals surface area contributed by atoms with Crippen molar-refractivity contribution in [3.8, 4) is 0 Å². The number of piperidine rings is 1. The van der Waals surface area contributed by atoms with Crippen LogP contribution in [0.4, 0.5) is 0 Å². The fraction of sp³-hybridized carbons (Fsp3) is 0.545. The highest BCUT2D eigenvalue weighted by molar-refractivity contribution is 6.29. The van der Waals surface area contributed by atoms with Crippen LogP contribution in [0.2, 0.25) is 5.15 Å². The second-order valence-corrected chi connectivity index (χ2v) is 4.71. The molecule has 6 nitrogen and oxygen atoms in total. The Morgan fingerprint density at radius 2 is 2.22 bits per heavy atom. The Hall–Kier alpha value is -1.40. The summed E-state index contributed by atoms with van der Waals surface area (Å²) in [4.78, 5) is 28.5. The summed E-state index contributed by atoms with van der Waals surface area (Å²) >= 11 is 5.87. The molecule has 0 spiro atoms. The maximum Gasteiger partial charge on any atom is 0.246 e. The van der Waals surface area contributed by atoms with Gasteiger partial charge in [0.05, 0.1) is 18.8 Å². The zero-order valence-corrected chi connectivity index (χ0v) is 11.1. The highest BCUT2D eigenvalue weighted by Crippen LogP contribution is 2.13. The highest BCUT2D eigenvalue weighted by atomic mass is 35.5. The van der Waals surface area contributed by atoms with E-state index in [0.717, 1.165) is 5.82 Å². The Morgan fingerprint density at radius 1 is 1.50 bits per heavy atom. The lowest BCUT2D eigenvalue weighted by molar-refractivity contribution is -0.148. The minimum absolute atomic E-state index is 0.127. The van der Waals surface area contributed by atoms with Crippen molar-refractivity contribution in [1.29, 1.82) is 0 Å². The van der Waals surface area contributed by atoms with E-state index in [0.29, 0.717) is 24.5 Å². The second-order valence-electron chi connectivity index (χ2n) is 4.32. The van der Waals surface area contributed by atoms with E-state index in [1.807, 2.05) is 7.05 Å². The van der Waals surface area contributed by atoms with Crippen molar-refractivity contribution in [2.24, 2.45) is 7.05 Å². The average molecular weight is 271 g/mol. The number of hydrogen-bond acceptors (Lipinski definition) is 4. The molecule has 0 saturated carbocycles. The quantitative estimate of drug-likeness (QED) is 0.803. The zero-order valence-electron chi connectivity index (χ0n) is 10.3. The lowest BCUT2D eigenvalue weighted by Gasteiger charge is -2.28. The fourth-order valence-electron chi connectivity index (χ4n) is 1.91. The molecule has 2 rings (SSSR count). The van der Waals surface area contributed by atoms with Gasteiger partial charge in [-0.05, 0) is 6.42 Å². The molecule has 1 aromatic rings. The molecule has 2 heterocycles. The first-order valence-corrected chi connectivity index (χ1v) is 6.08. The van der Waals surface area contributed by atoms with Crippen LogP contribution in [-0.2, 0) is 23.2 Å². The predicted molar refractivity (Wildman–Crippen MR) is 65.9 cm³/mol. The number of imide groups is 1. The van der Waals surface area contributed by atoms with Crippen molar-refractivity contribution >= 4 is 23.4 Å². The van der Waals surface area contributed by atoms with Crippen LogP contribution in [0.25, 0.3) is 0 Å². The Morgan fingerprint density at radius 3 is 2.83 bits per heavy atom. The highest BCUT2D eigenvalue weighted by Gasteiger charge is 2.31. The van der Waals surface area contributed by atoms with Gasteiger partial charge in [-0.3, -0.25) is 19.8 Å². The van der Waals surface area contributed by atoms with Gasteiger partial charge in [0.25, 0.3) is 0 Å². The normalized spacial score (nSPS) is 20.6. The molecule has 1 saturated heterocycles. The Balaban J connectivity index is 1.97. The molecule has 18 heavy (non-hydrogen) atoms. The molecule has 7 heteroatoms. The average Bonchev–Trinajstić information content (AvgIpc) is 2.67. The molecule has 1 atom stereocenters. The first-order valence-electron chi connectivity index (χ1n) is 5.70. The molecular weight excluding hydrogens is 256 g/mol. The Bertz CT molecular complexity index is 485. The zero-order chi connectivity index (χ0) is 13.3. The Kier molecular flexibility index (Phi) is 3.68. The number of likely N-dealkylation sites (tertiary alicyclic amines) is 1. The van der Waals surface area contributed by atoms with Crippen molar-refractivity contribution in [2.45, 2.75) is 25.4 Å². The SMILES string of the molecule is CN1C(=O)CCC(NCc2ncc(Cl)n2C)C1=O. The largest absolute Gasteiger partial charge is 0.321 e. The number of carbonyl (C=O) groups excluding carboxylic acids is 2. The van der Waals surface area contributed by atoms with E-state index in [2.05, 4.69) is 10.3 Å². The molecule has 2 amide bonds. The summed E-state index contributed by atoms with van der Waals surface area (Å²) in [6.45, 7) is 0.446. The summed E-state index contributed by atoms with van der Waals surface area (Å²) in [5.74, 6) is 0.442. The van der Waals surface area contributed by atoms with Gasteiger partial charge >= 0.3 is 0 Å². The van der Waals surface area contributed by atoms with E-state index < -0.39 is 0 Å². The van der Waals surface area contributed by atoms with Gasteiger partial charge in [-0.2, -0.15) is 0 Å². The molecule has 0 bridgehead atoms. The summed E-state index contributed by atoms with van der Waals surface area (Å²) in [6, 6.07) is -0.330. The van der Waals surface area contributed by atoms with Crippen LogP contribution in [-0.4, -0.2) is 39.4 Å². The van der Waals surface area contributed by atoms with Crippen molar-refractivity contribution in [3.05, 3.63) is 17.2 Å². The number of imidazole rings is 1. The third-order valence-electron chi connectivity index (χ3n) is 3.18. The van der Waals surface area contributed by atoms with Crippen LogP contribution in [0.1, 0.15) is 18.7 Å². The number of nitrogens with one attached hydrogen (secondary N) is 1. The van der Waals surface area contributed by atoms with Gasteiger partial charge in [0.2, 0.25) is 11.8 Å². The molecule has 1 N–H and O–H groups in total. The molecule has 1 aliphatic rings. The van der Waals surface area contributed by atoms with Gasteiger partial charge in [-0.1, -0.05) is 11.6 Å². The molecule has 98 valence electrons. The standard InChI is InChI=1S/C11H15ClN4O2/c1-15-8(12)5-14-9(15)6-13-7-3-4-10(17)16(2)11(7)18/h5,7,13H,3-4,6H2,1-2H3. The van der Waals surface area contributed by atoms with Gasteiger partial charge in [0, 0.05) is 20.5 Å². The van der Waals surface area contributed by atoms with Gasteiger partial charge in [0.1, 0.15) is 11.0 Å². The summed E-state index contributed by atoms with van der Waals surface area (Å²) in [5.41, 5.74) is 0. The first kappa shape index (κ1) is 13.0. The van der Waals surface area contributed by atoms with Crippen LogP contribution in [0, 0.1) is 0 Å². The summed E-state index contributed by atoms with van der Waals surface area (Å²) in [5, 5.41) is 3.66. The minimum atomic E-state index is -0.330. The van der Waals surface area contributed by atoms with Crippen LogP contribution in [0.3, 0.4) is 0 Å². The van der Waals surface area contributed by atoms with Crippen LogP contribution >= 0.6 is 11.6 Å². The Labute approximate surface area is 110 Å². The van der Waals surface area contributed by atoms with E-state index in [1.54, 1.807) is 10.8 Å². The van der Waals surface area contributed by atoms with E-state index in [1.165, 1.54) is 11.9 Å². The molecule has 1 aliphatic heterocycles. The third-order valence-corrected chi connectivity index (χ3v) is 3.54. The number of hydrogen-bond donors (Lipinski definition) is 1. The summed E-state index contributed by atoms with van der Waals surface area (Å²) in [6.07, 6.45) is 2.48. The number of nitrogens with zero attached hydrogens (tertiary/aromatic N) is 3. The molecule has 0 aliphatic carbocycles.